The second-order valence-electron chi connectivity index (χ2n) is 3.23. The van der Waals surface area contributed by atoms with Gasteiger partial charge in [-0.1, -0.05) is 5.21 Å². The summed E-state index contributed by atoms with van der Waals surface area (Å²) >= 11 is 0. The fourth-order valence-corrected chi connectivity index (χ4v) is 1.27. The SMILES string of the molecule is Cn1cc(CC(=O)c2cccnc2)nn1. The van der Waals surface area contributed by atoms with Crippen LogP contribution in [0.3, 0.4) is 0 Å². The molecule has 0 N–H and O–H groups in total. The highest BCUT2D eigenvalue weighted by Gasteiger charge is 2.08. The lowest BCUT2D eigenvalue weighted by atomic mass is 10.1. The molecule has 2 aromatic rings. The van der Waals surface area contributed by atoms with Gasteiger partial charge in [-0.25, -0.2) is 0 Å². The van der Waals surface area contributed by atoms with Crippen LogP contribution in [-0.2, 0) is 13.5 Å². The van der Waals surface area contributed by atoms with Gasteiger partial charge in [0.1, 0.15) is 0 Å². The van der Waals surface area contributed by atoms with Crippen molar-refractivity contribution in [1.29, 1.82) is 0 Å². The van der Waals surface area contributed by atoms with Crippen LogP contribution in [-0.4, -0.2) is 25.8 Å². The molecule has 0 radical (unpaired) electrons. The molecule has 0 aliphatic rings. The maximum atomic E-state index is 11.7. The van der Waals surface area contributed by atoms with Gasteiger partial charge in [-0.3, -0.25) is 14.5 Å². The summed E-state index contributed by atoms with van der Waals surface area (Å²) in [6.45, 7) is 0. The van der Waals surface area contributed by atoms with E-state index in [4.69, 9.17) is 0 Å². The topological polar surface area (TPSA) is 60.7 Å². The minimum atomic E-state index is 0.00333. The van der Waals surface area contributed by atoms with Gasteiger partial charge in [-0.05, 0) is 12.1 Å². The molecule has 0 atom stereocenters. The van der Waals surface area contributed by atoms with E-state index in [-0.39, 0.29) is 12.2 Å². The van der Waals surface area contributed by atoms with Gasteiger partial charge >= 0.3 is 0 Å². The first-order chi connectivity index (χ1) is 7.25. The molecule has 0 bridgehead atoms. The Morgan fingerprint density at radius 2 is 2.40 bits per heavy atom. The Kier molecular flexibility index (Phi) is 2.53. The van der Waals surface area contributed by atoms with Crippen LogP contribution in [0, 0.1) is 0 Å². The fraction of sp³-hybridized carbons (Fsp3) is 0.200. The molecule has 15 heavy (non-hydrogen) atoms. The fourth-order valence-electron chi connectivity index (χ4n) is 1.27. The van der Waals surface area contributed by atoms with Gasteiger partial charge in [0, 0.05) is 31.2 Å². The maximum absolute atomic E-state index is 11.7. The zero-order valence-corrected chi connectivity index (χ0v) is 8.29. The van der Waals surface area contributed by atoms with E-state index in [1.807, 2.05) is 0 Å². The third-order valence-corrected chi connectivity index (χ3v) is 1.98. The molecule has 0 amide bonds. The molecular weight excluding hydrogens is 192 g/mol. The van der Waals surface area contributed by atoms with Crippen molar-refractivity contribution in [2.75, 3.05) is 0 Å². The molecule has 0 aliphatic carbocycles. The predicted octanol–water partition coefficient (Wildman–Crippen LogP) is 0.635. The van der Waals surface area contributed by atoms with E-state index in [1.165, 1.54) is 0 Å². The number of pyridine rings is 1. The average molecular weight is 202 g/mol. The zero-order valence-electron chi connectivity index (χ0n) is 8.29. The number of Topliss-reactive ketones (excluding diaryl/α,β-unsaturated/α-hetero) is 1. The third kappa shape index (κ3) is 2.25. The summed E-state index contributed by atoms with van der Waals surface area (Å²) in [5, 5.41) is 7.62. The summed E-state index contributed by atoms with van der Waals surface area (Å²) in [6, 6.07) is 3.48. The second-order valence-corrected chi connectivity index (χ2v) is 3.23. The Morgan fingerprint density at radius 1 is 1.53 bits per heavy atom. The summed E-state index contributed by atoms with van der Waals surface area (Å²) in [4.78, 5) is 15.6. The molecule has 0 saturated heterocycles. The minimum Gasteiger partial charge on any atom is -0.294 e. The van der Waals surface area contributed by atoms with E-state index < -0.39 is 0 Å². The van der Waals surface area contributed by atoms with Crippen molar-refractivity contribution < 1.29 is 4.79 Å². The van der Waals surface area contributed by atoms with Crippen LogP contribution in [0.25, 0.3) is 0 Å². The van der Waals surface area contributed by atoms with Gasteiger partial charge in [0.15, 0.2) is 5.78 Å². The summed E-state index contributed by atoms with van der Waals surface area (Å²) < 4.78 is 1.58. The van der Waals surface area contributed by atoms with Gasteiger partial charge in [-0.15, -0.1) is 5.10 Å². The van der Waals surface area contributed by atoms with E-state index in [2.05, 4.69) is 15.3 Å². The van der Waals surface area contributed by atoms with Crippen molar-refractivity contribution in [2.24, 2.45) is 7.05 Å². The highest BCUT2D eigenvalue weighted by Crippen LogP contribution is 2.03. The van der Waals surface area contributed by atoms with Crippen LogP contribution in [0.4, 0.5) is 0 Å². The largest absolute Gasteiger partial charge is 0.294 e. The summed E-state index contributed by atoms with van der Waals surface area (Å²) in [5.41, 5.74) is 1.27. The van der Waals surface area contributed by atoms with Crippen molar-refractivity contribution >= 4 is 5.78 Å². The number of ketones is 1. The van der Waals surface area contributed by atoms with Crippen molar-refractivity contribution in [3.63, 3.8) is 0 Å². The number of nitrogens with zero attached hydrogens (tertiary/aromatic N) is 4. The van der Waals surface area contributed by atoms with Crippen LogP contribution < -0.4 is 0 Å². The van der Waals surface area contributed by atoms with Gasteiger partial charge in [0.25, 0.3) is 0 Å². The second kappa shape index (κ2) is 4.00. The number of carbonyl (C=O) groups excluding carboxylic acids is 1. The van der Waals surface area contributed by atoms with Gasteiger partial charge in [0.2, 0.25) is 0 Å². The number of aryl methyl sites for hydroxylation is 1. The first-order valence-corrected chi connectivity index (χ1v) is 4.54. The molecular formula is C10H10N4O. The van der Waals surface area contributed by atoms with Gasteiger partial charge in [0.05, 0.1) is 12.1 Å². The normalized spacial score (nSPS) is 10.2. The maximum Gasteiger partial charge on any atom is 0.170 e. The third-order valence-electron chi connectivity index (χ3n) is 1.98. The lowest BCUT2D eigenvalue weighted by Crippen LogP contribution is -2.04. The van der Waals surface area contributed by atoms with E-state index in [1.54, 1.807) is 42.5 Å². The van der Waals surface area contributed by atoms with E-state index in [0.717, 1.165) is 0 Å². The van der Waals surface area contributed by atoms with Crippen molar-refractivity contribution in [1.82, 2.24) is 20.0 Å². The molecule has 0 spiro atoms. The number of aromatic nitrogens is 4. The van der Waals surface area contributed by atoms with Crippen molar-refractivity contribution in [2.45, 2.75) is 6.42 Å². The average Bonchev–Trinajstić information content (AvgIpc) is 2.65. The number of hydrogen-bond acceptors (Lipinski definition) is 4. The Balaban J connectivity index is 2.11. The molecule has 0 aliphatic heterocycles. The molecule has 2 heterocycles. The van der Waals surface area contributed by atoms with E-state index in [9.17, 15) is 4.79 Å². The predicted molar refractivity (Wildman–Crippen MR) is 53.3 cm³/mol. The Hall–Kier alpha value is -2.04. The lowest BCUT2D eigenvalue weighted by molar-refractivity contribution is 0.0991. The lowest BCUT2D eigenvalue weighted by Gasteiger charge is -1.96. The molecule has 0 fully saturated rings. The van der Waals surface area contributed by atoms with Crippen LogP contribution in [0.5, 0.6) is 0 Å². The molecule has 0 aromatic carbocycles. The van der Waals surface area contributed by atoms with Gasteiger partial charge in [-0.2, -0.15) is 0 Å². The van der Waals surface area contributed by atoms with Crippen molar-refractivity contribution in [3.05, 3.63) is 42.0 Å². The monoisotopic (exact) mass is 202 g/mol. The quantitative estimate of drug-likeness (QED) is 0.685. The van der Waals surface area contributed by atoms with Crippen molar-refractivity contribution in [3.8, 4) is 0 Å². The summed E-state index contributed by atoms with van der Waals surface area (Å²) in [6.07, 6.45) is 5.19. The summed E-state index contributed by atoms with van der Waals surface area (Å²) in [7, 11) is 1.77. The minimum absolute atomic E-state index is 0.00333. The van der Waals surface area contributed by atoms with Crippen LogP contribution in [0.2, 0.25) is 0 Å². The highest BCUT2D eigenvalue weighted by molar-refractivity contribution is 5.96. The Morgan fingerprint density at radius 3 is 3.00 bits per heavy atom. The number of hydrogen-bond donors (Lipinski definition) is 0. The number of carbonyl (C=O) groups is 1. The standard InChI is InChI=1S/C10H10N4O/c1-14-7-9(12-13-14)5-10(15)8-3-2-4-11-6-8/h2-4,6-7H,5H2,1H3. The molecule has 0 unspecified atom stereocenters. The first-order valence-electron chi connectivity index (χ1n) is 4.54. The van der Waals surface area contributed by atoms with Gasteiger partial charge < -0.3 is 0 Å². The summed E-state index contributed by atoms with van der Waals surface area (Å²) in [5.74, 6) is 0.00333. The molecule has 2 aromatic heterocycles. The Bertz CT molecular complexity index is 463. The molecule has 0 saturated carbocycles. The molecule has 2 rings (SSSR count). The number of rotatable bonds is 3. The zero-order chi connectivity index (χ0) is 10.7. The van der Waals surface area contributed by atoms with E-state index >= 15 is 0 Å². The highest BCUT2D eigenvalue weighted by atomic mass is 16.1. The molecule has 76 valence electrons. The van der Waals surface area contributed by atoms with Crippen LogP contribution >= 0.6 is 0 Å². The first kappa shape index (κ1) is 9.51. The van der Waals surface area contributed by atoms with E-state index in [0.29, 0.717) is 11.3 Å². The van der Waals surface area contributed by atoms with Crippen LogP contribution in [0.15, 0.2) is 30.7 Å². The molecule has 5 nitrogen and oxygen atoms in total. The smallest absolute Gasteiger partial charge is 0.170 e. The Labute approximate surface area is 86.8 Å². The molecule has 5 heteroatoms. The van der Waals surface area contributed by atoms with Crippen LogP contribution in [0.1, 0.15) is 16.1 Å².